The van der Waals surface area contributed by atoms with E-state index in [1.807, 2.05) is 51.1 Å². The van der Waals surface area contributed by atoms with Crippen molar-refractivity contribution in [1.82, 2.24) is 29.8 Å². The maximum absolute atomic E-state index is 13.1. The van der Waals surface area contributed by atoms with E-state index < -0.39 is 0 Å². The van der Waals surface area contributed by atoms with E-state index in [9.17, 15) is 4.79 Å². The molecule has 0 N–H and O–H groups in total. The molecular weight excluding hydrogens is 368 g/mol. The second-order valence-corrected chi connectivity index (χ2v) is 7.32. The van der Waals surface area contributed by atoms with E-state index in [1.54, 1.807) is 23.0 Å². The fraction of sp³-hybridized carbons (Fsp3) is 0.286. The molecule has 4 rings (SSSR count). The van der Waals surface area contributed by atoms with Gasteiger partial charge in [-0.05, 0) is 36.6 Å². The largest absolute Gasteiger partial charge is 0.336 e. The molecule has 1 aromatic carbocycles. The van der Waals surface area contributed by atoms with Crippen LogP contribution >= 0.6 is 0 Å². The summed E-state index contributed by atoms with van der Waals surface area (Å²) < 4.78 is 6.96. The molecule has 0 saturated heterocycles. The first-order valence-corrected chi connectivity index (χ1v) is 9.43. The van der Waals surface area contributed by atoms with Crippen molar-refractivity contribution in [2.45, 2.75) is 32.7 Å². The van der Waals surface area contributed by atoms with E-state index in [-0.39, 0.29) is 17.9 Å². The Hall–Kier alpha value is -3.55. The van der Waals surface area contributed by atoms with Gasteiger partial charge in [0.15, 0.2) is 0 Å². The van der Waals surface area contributed by atoms with E-state index in [1.165, 1.54) is 12.5 Å². The third-order valence-corrected chi connectivity index (χ3v) is 5.11. The van der Waals surface area contributed by atoms with E-state index in [0.717, 1.165) is 22.3 Å². The van der Waals surface area contributed by atoms with Crippen molar-refractivity contribution in [3.8, 4) is 5.69 Å². The first-order chi connectivity index (χ1) is 14.0. The monoisotopic (exact) mass is 390 g/mol. The number of carbonyl (C=O) groups is 1. The van der Waals surface area contributed by atoms with Gasteiger partial charge in [-0.1, -0.05) is 31.1 Å². The van der Waals surface area contributed by atoms with Crippen LogP contribution in [-0.4, -0.2) is 42.8 Å². The summed E-state index contributed by atoms with van der Waals surface area (Å²) in [5.41, 5.74) is 3.70. The molecule has 3 aromatic heterocycles. The van der Waals surface area contributed by atoms with E-state index in [0.29, 0.717) is 11.3 Å². The molecule has 0 radical (unpaired) electrons. The molecule has 0 aliphatic heterocycles. The lowest BCUT2D eigenvalue weighted by atomic mass is 10.0. The molecule has 0 fully saturated rings. The Morgan fingerprint density at radius 1 is 1.17 bits per heavy atom. The second-order valence-electron chi connectivity index (χ2n) is 7.32. The summed E-state index contributed by atoms with van der Waals surface area (Å²) >= 11 is 0. The van der Waals surface area contributed by atoms with Gasteiger partial charge in [0.25, 0.3) is 11.6 Å². The average molecular weight is 390 g/mol. The average Bonchev–Trinajstić information content (AvgIpc) is 3.41. The molecule has 0 spiro atoms. The highest BCUT2D eigenvalue weighted by atomic mass is 16.5. The number of rotatable bonds is 5. The third-order valence-electron chi connectivity index (χ3n) is 5.11. The Bertz CT molecular complexity index is 1130. The lowest BCUT2D eigenvalue weighted by Crippen LogP contribution is -2.29. The number of carbonyl (C=O) groups excluding carboxylic acids is 1. The summed E-state index contributed by atoms with van der Waals surface area (Å²) in [4.78, 5) is 23.0. The molecule has 0 unspecified atom stereocenters. The minimum Gasteiger partial charge on any atom is -0.336 e. The molecular formula is C21H22N6O2. The third kappa shape index (κ3) is 3.49. The fourth-order valence-electron chi connectivity index (χ4n) is 3.23. The summed E-state index contributed by atoms with van der Waals surface area (Å²) in [6.45, 7) is 6.05. The quantitative estimate of drug-likeness (QED) is 0.515. The number of nitrogens with zero attached hydrogens (tertiary/aromatic N) is 6. The molecule has 148 valence electrons. The lowest BCUT2D eigenvalue weighted by Gasteiger charge is -2.25. The number of aromatic nitrogens is 5. The van der Waals surface area contributed by atoms with E-state index in [4.69, 9.17) is 4.52 Å². The Morgan fingerprint density at radius 2 is 1.93 bits per heavy atom. The Morgan fingerprint density at radius 3 is 2.59 bits per heavy atom. The van der Waals surface area contributed by atoms with Crippen LogP contribution in [0.25, 0.3) is 16.8 Å². The number of amides is 1. The number of hydrogen-bond donors (Lipinski definition) is 0. The minimum atomic E-state index is -0.116. The fourth-order valence-corrected chi connectivity index (χ4v) is 3.23. The van der Waals surface area contributed by atoms with Crippen LogP contribution in [0.4, 0.5) is 0 Å². The van der Waals surface area contributed by atoms with Gasteiger partial charge in [0, 0.05) is 13.2 Å². The molecule has 0 saturated carbocycles. The standard InChI is InChI=1S/C21H22N6O2/c1-13(2)19-18-9-16(10-23-20(18)29-25-19)21(28)26(4)14(3)15-5-7-17(8-6-15)27-12-22-11-24-27/h5-14H,1-4H3/t14-/m1/s1. The SMILES string of the molecule is CC(C)c1noc2ncc(C(=O)N(C)[C@H](C)c3ccc(-n4cncn4)cc3)cc12. The van der Waals surface area contributed by atoms with Gasteiger partial charge in [0.1, 0.15) is 12.7 Å². The second kappa shape index (κ2) is 7.46. The molecule has 8 heteroatoms. The summed E-state index contributed by atoms with van der Waals surface area (Å²) in [6, 6.07) is 9.59. The van der Waals surface area contributed by atoms with Crippen molar-refractivity contribution < 1.29 is 9.32 Å². The van der Waals surface area contributed by atoms with Crippen LogP contribution in [0.3, 0.4) is 0 Å². The topological polar surface area (TPSA) is 89.9 Å². The van der Waals surface area contributed by atoms with Crippen LogP contribution in [0.5, 0.6) is 0 Å². The molecule has 0 aliphatic rings. The van der Waals surface area contributed by atoms with Gasteiger partial charge in [-0.25, -0.2) is 14.6 Å². The molecule has 3 heterocycles. The lowest BCUT2D eigenvalue weighted by molar-refractivity contribution is 0.0742. The van der Waals surface area contributed by atoms with Gasteiger partial charge in [0.05, 0.1) is 28.4 Å². The summed E-state index contributed by atoms with van der Waals surface area (Å²) in [7, 11) is 1.79. The first kappa shape index (κ1) is 18.8. The molecule has 1 atom stereocenters. The Labute approximate surface area is 168 Å². The van der Waals surface area contributed by atoms with Gasteiger partial charge in [-0.3, -0.25) is 4.79 Å². The van der Waals surface area contributed by atoms with Gasteiger partial charge in [-0.2, -0.15) is 5.10 Å². The zero-order valence-electron chi connectivity index (χ0n) is 16.8. The van der Waals surface area contributed by atoms with Crippen molar-refractivity contribution in [1.29, 1.82) is 0 Å². The van der Waals surface area contributed by atoms with Crippen LogP contribution in [0.2, 0.25) is 0 Å². The molecule has 1 amide bonds. The number of hydrogen-bond acceptors (Lipinski definition) is 6. The first-order valence-electron chi connectivity index (χ1n) is 9.43. The van der Waals surface area contributed by atoms with Crippen molar-refractivity contribution in [3.05, 3.63) is 66.0 Å². The zero-order chi connectivity index (χ0) is 20.5. The van der Waals surface area contributed by atoms with Crippen molar-refractivity contribution in [2.24, 2.45) is 0 Å². The molecule has 0 aliphatic carbocycles. The highest BCUT2D eigenvalue weighted by molar-refractivity contribution is 5.97. The molecule has 0 bridgehead atoms. The van der Waals surface area contributed by atoms with Crippen molar-refractivity contribution in [3.63, 3.8) is 0 Å². The zero-order valence-corrected chi connectivity index (χ0v) is 16.8. The summed E-state index contributed by atoms with van der Waals surface area (Å²) in [6.07, 6.45) is 4.68. The number of pyridine rings is 1. The van der Waals surface area contributed by atoms with Crippen molar-refractivity contribution >= 4 is 17.0 Å². The maximum Gasteiger partial charge on any atom is 0.257 e. The van der Waals surface area contributed by atoms with Gasteiger partial charge in [-0.15, -0.1) is 0 Å². The van der Waals surface area contributed by atoms with Gasteiger partial charge >= 0.3 is 0 Å². The van der Waals surface area contributed by atoms with Crippen LogP contribution in [0.1, 0.15) is 54.3 Å². The van der Waals surface area contributed by atoms with Gasteiger partial charge in [0.2, 0.25) is 0 Å². The molecule has 8 nitrogen and oxygen atoms in total. The maximum atomic E-state index is 13.1. The predicted octanol–water partition coefficient (Wildman–Crippen LogP) is 3.76. The smallest absolute Gasteiger partial charge is 0.257 e. The van der Waals surface area contributed by atoms with Crippen molar-refractivity contribution in [2.75, 3.05) is 7.05 Å². The normalized spacial score (nSPS) is 12.4. The Kier molecular flexibility index (Phi) is 4.84. The summed E-state index contributed by atoms with van der Waals surface area (Å²) in [5.74, 6) is 0.0757. The highest BCUT2D eigenvalue weighted by Gasteiger charge is 2.21. The van der Waals surface area contributed by atoms with E-state index in [2.05, 4.69) is 20.2 Å². The van der Waals surface area contributed by atoms with Gasteiger partial charge < -0.3 is 9.42 Å². The van der Waals surface area contributed by atoms with Crippen LogP contribution in [-0.2, 0) is 0 Å². The van der Waals surface area contributed by atoms with E-state index >= 15 is 0 Å². The summed E-state index contributed by atoms with van der Waals surface area (Å²) in [5, 5.41) is 8.98. The molecule has 29 heavy (non-hydrogen) atoms. The Balaban J connectivity index is 1.57. The number of benzene rings is 1. The van der Waals surface area contributed by atoms with Crippen LogP contribution in [0.15, 0.2) is 53.7 Å². The highest BCUT2D eigenvalue weighted by Crippen LogP contribution is 2.26. The molecule has 4 aromatic rings. The number of fused-ring (bicyclic) bond motifs is 1. The minimum absolute atomic E-state index is 0.108. The van der Waals surface area contributed by atoms with Crippen LogP contribution in [0, 0.1) is 0 Å². The predicted molar refractivity (Wildman–Crippen MR) is 108 cm³/mol. The van der Waals surface area contributed by atoms with Crippen LogP contribution < -0.4 is 0 Å².